The predicted octanol–water partition coefficient (Wildman–Crippen LogP) is 3.78. The van der Waals surface area contributed by atoms with Crippen molar-refractivity contribution in [1.82, 2.24) is 0 Å². The third-order valence-electron chi connectivity index (χ3n) is 2.75. The monoisotopic (exact) mass is 243 g/mol. The van der Waals surface area contributed by atoms with Gasteiger partial charge in [0.05, 0.1) is 6.21 Å². The van der Waals surface area contributed by atoms with E-state index in [4.69, 9.17) is 0 Å². The highest BCUT2D eigenvalue weighted by atomic mass is 19.1. The van der Waals surface area contributed by atoms with Crippen LogP contribution in [-0.4, -0.2) is 13.3 Å². The summed E-state index contributed by atoms with van der Waals surface area (Å²) in [5.41, 5.74) is 3.43. The Hall–Kier alpha value is -2.16. The van der Waals surface area contributed by atoms with Crippen molar-refractivity contribution >= 4 is 6.21 Å². The molecule has 0 N–H and O–H groups in total. The predicted molar refractivity (Wildman–Crippen MR) is 71.2 cm³/mol. The van der Waals surface area contributed by atoms with Gasteiger partial charge in [0, 0.05) is 5.56 Å². The third-order valence-corrected chi connectivity index (χ3v) is 2.75. The minimum atomic E-state index is -0.309. The largest absolute Gasteiger partial charge is 0.399 e. The molecule has 0 aliphatic carbocycles. The Kier molecular flexibility index (Phi) is 3.72. The van der Waals surface area contributed by atoms with Crippen molar-refractivity contribution in [3.05, 3.63) is 59.4 Å². The first-order valence-corrected chi connectivity index (χ1v) is 5.64. The van der Waals surface area contributed by atoms with Crippen LogP contribution in [0.4, 0.5) is 4.39 Å². The standard InChI is InChI=1S/C15H14FNO/c1-11-5-3-4-6-14(11)12-7-8-13(10-17-18-2)15(16)9-12/h3-10H,1-2H3. The first-order valence-electron chi connectivity index (χ1n) is 5.64. The summed E-state index contributed by atoms with van der Waals surface area (Å²) in [5, 5.41) is 3.56. The van der Waals surface area contributed by atoms with Gasteiger partial charge in [-0.3, -0.25) is 0 Å². The number of hydrogen-bond donors (Lipinski definition) is 0. The van der Waals surface area contributed by atoms with E-state index in [0.717, 1.165) is 16.7 Å². The smallest absolute Gasteiger partial charge is 0.132 e. The van der Waals surface area contributed by atoms with Crippen LogP contribution in [0.3, 0.4) is 0 Å². The molecule has 0 aliphatic rings. The first-order chi connectivity index (χ1) is 8.72. The van der Waals surface area contributed by atoms with Gasteiger partial charge in [-0.15, -0.1) is 0 Å². The van der Waals surface area contributed by atoms with Crippen molar-refractivity contribution in [1.29, 1.82) is 0 Å². The van der Waals surface area contributed by atoms with Crippen molar-refractivity contribution in [2.45, 2.75) is 6.92 Å². The first kappa shape index (κ1) is 12.3. The summed E-state index contributed by atoms with van der Waals surface area (Å²) in [6.45, 7) is 2.01. The molecule has 18 heavy (non-hydrogen) atoms. The molecule has 0 atom stereocenters. The van der Waals surface area contributed by atoms with E-state index in [1.54, 1.807) is 6.07 Å². The van der Waals surface area contributed by atoms with Crippen molar-refractivity contribution < 1.29 is 9.23 Å². The number of aryl methyl sites for hydroxylation is 1. The SMILES string of the molecule is CON=Cc1ccc(-c2ccccc2C)cc1F. The van der Waals surface area contributed by atoms with E-state index in [0.29, 0.717) is 5.56 Å². The molecule has 0 radical (unpaired) electrons. The normalized spacial score (nSPS) is 10.8. The molecule has 0 amide bonds. The van der Waals surface area contributed by atoms with E-state index in [-0.39, 0.29) is 5.82 Å². The Balaban J connectivity index is 2.41. The Morgan fingerprint density at radius 2 is 1.94 bits per heavy atom. The fourth-order valence-electron chi connectivity index (χ4n) is 1.81. The average molecular weight is 243 g/mol. The van der Waals surface area contributed by atoms with Gasteiger partial charge in [-0.05, 0) is 35.7 Å². The molecule has 2 aromatic rings. The maximum absolute atomic E-state index is 13.8. The van der Waals surface area contributed by atoms with E-state index in [2.05, 4.69) is 9.99 Å². The molecule has 0 saturated carbocycles. The number of hydrogen-bond acceptors (Lipinski definition) is 2. The van der Waals surface area contributed by atoms with Gasteiger partial charge in [0.2, 0.25) is 0 Å². The van der Waals surface area contributed by atoms with Crippen LogP contribution in [0.15, 0.2) is 47.6 Å². The van der Waals surface area contributed by atoms with Gasteiger partial charge in [-0.1, -0.05) is 35.5 Å². The van der Waals surface area contributed by atoms with Crippen molar-refractivity contribution in [3.8, 4) is 11.1 Å². The molecule has 2 rings (SSSR count). The highest BCUT2D eigenvalue weighted by Crippen LogP contribution is 2.24. The number of benzene rings is 2. The van der Waals surface area contributed by atoms with Crippen LogP contribution < -0.4 is 0 Å². The van der Waals surface area contributed by atoms with Gasteiger partial charge in [0.15, 0.2) is 0 Å². The summed E-state index contributed by atoms with van der Waals surface area (Å²) in [6.07, 6.45) is 1.36. The lowest BCUT2D eigenvalue weighted by Crippen LogP contribution is -1.91. The molecular formula is C15H14FNO. The van der Waals surface area contributed by atoms with Crippen LogP contribution in [0.1, 0.15) is 11.1 Å². The van der Waals surface area contributed by atoms with Crippen LogP contribution in [-0.2, 0) is 4.84 Å². The zero-order valence-corrected chi connectivity index (χ0v) is 10.4. The molecule has 0 unspecified atom stereocenters. The number of rotatable bonds is 3. The van der Waals surface area contributed by atoms with Crippen LogP contribution >= 0.6 is 0 Å². The summed E-state index contributed by atoms with van der Waals surface area (Å²) in [6, 6.07) is 13.0. The highest BCUT2D eigenvalue weighted by Gasteiger charge is 2.05. The van der Waals surface area contributed by atoms with Crippen molar-refractivity contribution in [2.24, 2.45) is 5.16 Å². The van der Waals surface area contributed by atoms with E-state index in [9.17, 15) is 4.39 Å². The zero-order valence-electron chi connectivity index (χ0n) is 10.4. The Morgan fingerprint density at radius 1 is 1.17 bits per heavy atom. The van der Waals surface area contributed by atoms with Gasteiger partial charge in [0.25, 0.3) is 0 Å². The molecule has 0 spiro atoms. The Bertz CT molecular complexity index is 578. The summed E-state index contributed by atoms with van der Waals surface area (Å²) >= 11 is 0. The van der Waals surface area contributed by atoms with E-state index in [1.165, 1.54) is 19.4 Å². The summed E-state index contributed by atoms with van der Waals surface area (Å²) in [4.78, 5) is 4.54. The Labute approximate surface area is 106 Å². The summed E-state index contributed by atoms with van der Waals surface area (Å²) < 4.78 is 13.8. The minimum Gasteiger partial charge on any atom is -0.399 e. The second-order valence-corrected chi connectivity index (χ2v) is 3.97. The van der Waals surface area contributed by atoms with Gasteiger partial charge >= 0.3 is 0 Å². The third kappa shape index (κ3) is 2.56. The second kappa shape index (κ2) is 5.45. The van der Waals surface area contributed by atoms with Crippen LogP contribution in [0, 0.1) is 12.7 Å². The van der Waals surface area contributed by atoms with E-state index < -0.39 is 0 Å². The minimum absolute atomic E-state index is 0.309. The Morgan fingerprint density at radius 3 is 2.61 bits per heavy atom. The molecule has 0 heterocycles. The molecular weight excluding hydrogens is 229 g/mol. The van der Waals surface area contributed by atoms with Gasteiger partial charge in [0.1, 0.15) is 12.9 Å². The molecule has 2 aromatic carbocycles. The lowest BCUT2D eigenvalue weighted by atomic mass is 9.99. The number of oxime groups is 1. The van der Waals surface area contributed by atoms with Crippen molar-refractivity contribution in [2.75, 3.05) is 7.11 Å². The van der Waals surface area contributed by atoms with Gasteiger partial charge in [-0.2, -0.15) is 0 Å². The van der Waals surface area contributed by atoms with Crippen LogP contribution in [0.25, 0.3) is 11.1 Å². The van der Waals surface area contributed by atoms with Gasteiger partial charge in [-0.25, -0.2) is 4.39 Å². The topological polar surface area (TPSA) is 21.6 Å². The van der Waals surface area contributed by atoms with Crippen molar-refractivity contribution in [3.63, 3.8) is 0 Å². The molecule has 0 saturated heterocycles. The van der Waals surface area contributed by atoms with Gasteiger partial charge < -0.3 is 4.84 Å². The fraction of sp³-hybridized carbons (Fsp3) is 0.133. The summed E-state index contributed by atoms with van der Waals surface area (Å²) in [5.74, 6) is -0.309. The van der Waals surface area contributed by atoms with Crippen LogP contribution in [0.2, 0.25) is 0 Å². The molecule has 2 nitrogen and oxygen atoms in total. The fourth-order valence-corrected chi connectivity index (χ4v) is 1.81. The lowest BCUT2D eigenvalue weighted by molar-refractivity contribution is 0.215. The number of nitrogens with zero attached hydrogens (tertiary/aromatic N) is 1. The summed E-state index contributed by atoms with van der Waals surface area (Å²) in [7, 11) is 1.43. The quantitative estimate of drug-likeness (QED) is 0.593. The maximum atomic E-state index is 13.8. The molecule has 92 valence electrons. The molecule has 0 aromatic heterocycles. The second-order valence-electron chi connectivity index (χ2n) is 3.97. The van der Waals surface area contributed by atoms with Crippen LogP contribution in [0.5, 0.6) is 0 Å². The molecule has 0 bridgehead atoms. The molecule has 0 aliphatic heterocycles. The number of halogens is 1. The highest BCUT2D eigenvalue weighted by molar-refractivity contribution is 5.81. The molecule has 0 fully saturated rings. The average Bonchev–Trinajstić information content (AvgIpc) is 2.38. The maximum Gasteiger partial charge on any atom is 0.132 e. The zero-order chi connectivity index (χ0) is 13.0. The lowest BCUT2D eigenvalue weighted by Gasteiger charge is -2.06. The van der Waals surface area contributed by atoms with E-state index >= 15 is 0 Å². The molecule has 3 heteroatoms. The van der Waals surface area contributed by atoms with E-state index in [1.807, 2.05) is 37.3 Å².